The maximum Gasteiger partial charge on any atom is 0.257 e. The van der Waals surface area contributed by atoms with Crippen LogP contribution in [0.5, 0.6) is 0 Å². The van der Waals surface area contributed by atoms with E-state index >= 15 is 0 Å². The number of rotatable bonds is 4. The SMILES string of the molecule is CCc1nn(C)cc1C(=O)N(C)C(C)CC#N. The van der Waals surface area contributed by atoms with Crippen LogP contribution in [0.2, 0.25) is 0 Å². The van der Waals surface area contributed by atoms with Crippen LogP contribution >= 0.6 is 0 Å². The molecule has 1 unspecified atom stereocenters. The smallest absolute Gasteiger partial charge is 0.257 e. The van der Waals surface area contributed by atoms with Gasteiger partial charge in [-0.15, -0.1) is 0 Å². The monoisotopic (exact) mass is 234 g/mol. The van der Waals surface area contributed by atoms with Crippen LogP contribution in [0.15, 0.2) is 6.20 Å². The molecule has 1 aromatic heterocycles. The molecule has 1 rings (SSSR count). The number of hydrogen-bond donors (Lipinski definition) is 0. The van der Waals surface area contributed by atoms with Crippen molar-refractivity contribution in [3.8, 4) is 6.07 Å². The molecule has 5 heteroatoms. The molecule has 0 aliphatic rings. The zero-order chi connectivity index (χ0) is 13.0. The van der Waals surface area contributed by atoms with Crippen molar-refractivity contribution in [1.82, 2.24) is 14.7 Å². The molecule has 1 amide bonds. The Labute approximate surface area is 102 Å². The average Bonchev–Trinajstić information content (AvgIpc) is 2.68. The summed E-state index contributed by atoms with van der Waals surface area (Å²) in [6, 6.07) is 1.99. The number of nitrogens with zero attached hydrogens (tertiary/aromatic N) is 4. The highest BCUT2D eigenvalue weighted by molar-refractivity contribution is 5.95. The molecule has 1 aromatic rings. The van der Waals surface area contributed by atoms with Gasteiger partial charge in [-0.2, -0.15) is 10.4 Å². The molecular formula is C12H18N4O. The number of hydrogen-bond acceptors (Lipinski definition) is 3. The summed E-state index contributed by atoms with van der Waals surface area (Å²) in [6.45, 7) is 3.83. The van der Waals surface area contributed by atoms with Gasteiger partial charge in [-0.1, -0.05) is 6.92 Å². The molecule has 0 fully saturated rings. The maximum absolute atomic E-state index is 12.2. The lowest BCUT2D eigenvalue weighted by atomic mass is 10.1. The van der Waals surface area contributed by atoms with Gasteiger partial charge >= 0.3 is 0 Å². The van der Waals surface area contributed by atoms with Gasteiger partial charge in [0.2, 0.25) is 0 Å². The van der Waals surface area contributed by atoms with Crippen LogP contribution in [0.1, 0.15) is 36.3 Å². The molecule has 0 aromatic carbocycles. The Morgan fingerprint density at radius 2 is 2.35 bits per heavy atom. The van der Waals surface area contributed by atoms with Crippen molar-refractivity contribution in [2.75, 3.05) is 7.05 Å². The minimum absolute atomic E-state index is 0.0716. The van der Waals surface area contributed by atoms with Crippen molar-refractivity contribution in [2.24, 2.45) is 7.05 Å². The molecule has 0 N–H and O–H groups in total. The van der Waals surface area contributed by atoms with Crippen LogP contribution in [0.25, 0.3) is 0 Å². The third-order valence-corrected chi connectivity index (χ3v) is 2.84. The quantitative estimate of drug-likeness (QED) is 0.790. The fourth-order valence-corrected chi connectivity index (χ4v) is 1.63. The largest absolute Gasteiger partial charge is 0.338 e. The summed E-state index contributed by atoms with van der Waals surface area (Å²) in [5, 5.41) is 12.9. The van der Waals surface area contributed by atoms with Crippen LogP contribution in [0.3, 0.4) is 0 Å². The van der Waals surface area contributed by atoms with Crippen molar-refractivity contribution in [3.05, 3.63) is 17.5 Å². The van der Waals surface area contributed by atoms with E-state index in [1.165, 1.54) is 0 Å². The molecular weight excluding hydrogens is 216 g/mol. The summed E-state index contributed by atoms with van der Waals surface area (Å²) in [4.78, 5) is 13.8. The first-order valence-corrected chi connectivity index (χ1v) is 5.67. The Morgan fingerprint density at radius 1 is 1.71 bits per heavy atom. The second-order valence-corrected chi connectivity index (χ2v) is 4.14. The van der Waals surface area contributed by atoms with Crippen molar-refractivity contribution in [1.29, 1.82) is 5.26 Å². The molecule has 0 saturated heterocycles. The average molecular weight is 234 g/mol. The van der Waals surface area contributed by atoms with Crippen molar-refractivity contribution < 1.29 is 4.79 Å². The first kappa shape index (κ1) is 13.2. The predicted molar refractivity (Wildman–Crippen MR) is 64.4 cm³/mol. The Morgan fingerprint density at radius 3 is 2.88 bits per heavy atom. The lowest BCUT2D eigenvalue weighted by Gasteiger charge is -2.22. The predicted octanol–water partition coefficient (Wildman–Crippen LogP) is 1.36. The summed E-state index contributed by atoms with van der Waals surface area (Å²) in [7, 11) is 3.52. The molecule has 1 heterocycles. The van der Waals surface area contributed by atoms with E-state index in [4.69, 9.17) is 5.26 Å². The van der Waals surface area contributed by atoms with Crippen LogP contribution in [-0.4, -0.2) is 33.7 Å². The standard InChI is InChI=1S/C12H18N4O/c1-5-11-10(8-15(3)14-11)12(17)16(4)9(2)6-7-13/h8-9H,5-6H2,1-4H3. The maximum atomic E-state index is 12.2. The van der Waals surface area contributed by atoms with E-state index < -0.39 is 0 Å². The van der Waals surface area contributed by atoms with Gasteiger partial charge in [-0.05, 0) is 13.3 Å². The molecule has 17 heavy (non-hydrogen) atoms. The zero-order valence-corrected chi connectivity index (χ0v) is 10.8. The first-order chi connectivity index (χ1) is 8.01. The van der Waals surface area contributed by atoms with Gasteiger partial charge in [0.1, 0.15) is 0 Å². The Balaban J connectivity index is 2.92. The summed E-state index contributed by atoms with van der Waals surface area (Å²) >= 11 is 0. The van der Waals surface area contributed by atoms with Gasteiger partial charge in [-0.25, -0.2) is 0 Å². The van der Waals surface area contributed by atoms with E-state index in [2.05, 4.69) is 11.2 Å². The van der Waals surface area contributed by atoms with Crippen LogP contribution < -0.4 is 0 Å². The molecule has 0 aliphatic carbocycles. The topological polar surface area (TPSA) is 61.9 Å². The van der Waals surface area contributed by atoms with Gasteiger partial charge in [-0.3, -0.25) is 9.48 Å². The summed E-state index contributed by atoms with van der Waals surface area (Å²) < 4.78 is 1.65. The van der Waals surface area contributed by atoms with Crippen molar-refractivity contribution in [2.45, 2.75) is 32.7 Å². The lowest BCUT2D eigenvalue weighted by molar-refractivity contribution is 0.0745. The molecule has 5 nitrogen and oxygen atoms in total. The second kappa shape index (κ2) is 5.48. The highest BCUT2D eigenvalue weighted by Crippen LogP contribution is 2.12. The number of amides is 1. The van der Waals surface area contributed by atoms with Crippen LogP contribution in [-0.2, 0) is 13.5 Å². The van der Waals surface area contributed by atoms with E-state index in [0.717, 1.165) is 12.1 Å². The third-order valence-electron chi connectivity index (χ3n) is 2.84. The summed E-state index contributed by atoms with van der Waals surface area (Å²) in [5.41, 5.74) is 1.43. The molecule has 0 radical (unpaired) electrons. The minimum Gasteiger partial charge on any atom is -0.338 e. The van der Waals surface area contributed by atoms with Gasteiger partial charge in [0.15, 0.2) is 0 Å². The number of carbonyl (C=O) groups is 1. The van der Waals surface area contributed by atoms with E-state index in [-0.39, 0.29) is 11.9 Å². The third kappa shape index (κ3) is 2.84. The highest BCUT2D eigenvalue weighted by Gasteiger charge is 2.21. The van der Waals surface area contributed by atoms with E-state index in [1.54, 1.807) is 29.9 Å². The number of aromatic nitrogens is 2. The minimum atomic E-state index is -0.0857. The molecule has 1 atom stereocenters. The van der Waals surface area contributed by atoms with Crippen molar-refractivity contribution in [3.63, 3.8) is 0 Å². The van der Waals surface area contributed by atoms with Crippen LogP contribution in [0, 0.1) is 11.3 Å². The summed E-state index contributed by atoms with van der Waals surface area (Å²) in [6.07, 6.45) is 2.79. The Kier molecular flexibility index (Phi) is 4.27. The second-order valence-electron chi connectivity index (χ2n) is 4.14. The van der Waals surface area contributed by atoms with E-state index in [1.807, 2.05) is 13.8 Å². The van der Waals surface area contributed by atoms with E-state index in [0.29, 0.717) is 12.0 Å². The molecule has 0 saturated carbocycles. The normalized spacial score (nSPS) is 11.9. The lowest BCUT2D eigenvalue weighted by Crippen LogP contribution is -2.35. The first-order valence-electron chi connectivity index (χ1n) is 5.67. The number of carbonyl (C=O) groups excluding carboxylic acids is 1. The van der Waals surface area contributed by atoms with Gasteiger partial charge < -0.3 is 4.90 Å². The molecule has 0 bridgehead atoms. The Hall–Kier alpha value is -1.83. The molecule has 0 spiro atoms. The van der Waals surface area contributed by atoms with E-state index in [9.17, 15) is 4.79 Å². The Bertz CT molecular complexity index is 444. The molecule has 92 valence electrons. The number of nitriles is 1. The number of aryl methyl sites for hydroxylation is 2. The highest BCUT2D eigenvalue weighted by atomic mass is 16.2. The fourth-order valence-electron chi connectivity index (χ4n) is 1.63. The van der Waals surface area contributed by atoms with Gasteiger partial charge in [0.05, 0.1) is 23.7 Å². The van der Waals surface area contributed by atoms with Crippen LogP contribution in [0.4, 0.5) is 0 Å². The van der Waals surface area contributed by atoms with Gasteiger partial charge in [0, 0.05) is 26.3 Å². The zero-order valence-electron chi connectivity index (χ0n) is 10.8. The summed E-state index contributed by atoms with van der Waals surface area (Å²) in [5.74, 6) is -0.0716. The van der Waals surface area contributed by atoms with Crippen molar-refractivity contribution >= 4 is 5.91 Å². The van der Waals surface area contributed by atoms with Gasteiger partial charge in [0.25, 0.3) is 5.91 Å². The molecule has 0 aliphatic heterocycles. The fraction of sp³-hybridized carbons (Fsp3) is 0.583.